The first-order valence-electron chi connectivity index (χ1n) is 8.63. The van der Waals surface area contributed by atoms with Crippen molar-refractivity contribution in [2.24, 2.45) is 0 Å². The number of ether oxygens (including phenoxy) is 2. The maximum atomic E-state index is 5.30. The summed E-state index contributed by atoms with van der Waals surface area (Å²) >= 11 is 1.48. The first-order valence-corrected chi connectivity index (χ1v) is 9.45. The van der Waals surface area contributed by atoms with Crippen molar-refractivity contribution >= 4 is 28.5 Å². The molecule has 28 heavy (non-hydrogen) atoms. The zero-order valence-electron chi connectivity index (χ0n) is 15.5. The van der Waals surface area contributed by atoms with Crippen molar-refractivity contribution in [3.8, 4) is 5.75 Å². The van der Waals surface area contributed by atoms with E-state index in [1.165, 1.54) is 11.8 Å². The molecule has 0 saturated carbocycles. The Kier molecular flexibility index (Phi) is 5.41. The van der Waals surface area contributed by atoms with E-state index in [-0.39, 0.29) is 0 Å². The van der Waals surface area contributed by atoms with Gasteiger partial charge in [0.2, 0.25) is 0 Å². The second kappa shape index (κ2) is 8.28. The molecule has 0 amide bonds. The molecule has 1 N–H and O–H groups in total. The van der Waals surface area contributed by atoms with E-state index >= 15 is 0 Å². The van der Waals surface area contributed by atoms with Crippen LogP contribution in [-0.2, 0) is 11.3 Å². The van der Waals surface area contributed by atoms with E-state index in [1.807, 2.05) is 54.7 Å². The third kappa shape index (κ3) is 4.08. The zero-order chi connectivity index (χ0) is 19.3. The molecule has 7 nitrogen and oxygen atoms in total. The molecule has 0 spiro atoms. The topological polar surface area (TPSA) is 74.1 Å². The van der Waals surface area contributed by atoms with Crippen LogP contribution in [0.4, 0.5) is 5.82 Å². The Morgan fingerprint density at radius 2 is 1.96 bits per heavy atom. The summed E-state index contributed by atoms with van der Waals surface area (Å²) in [6, 6.07) is 15.7. The van der Waals surface area contributed by atoms with Gasteiger partial charge in [-0.25, -0.2) is 9.97 Å². The van der Waals surface area contributed by atoms with E-state index < -0.39 is 0 Å². The number of benzene rings is 2. The Morgan fingerprint density at radius 3 is 2.82 bits per heavy atom. The Morgan fingerprint density at radius 1 is 1.07 bits per heavy atom. The van der Waals surface area contributed by atoms with Crippen molar-refractivity contribution < 1.29 is 9.47 Å². The average molecular weight is 393 g/mol. The van der Waals surface area contributed by atoms with Crippen molar-refractivity contribution in [1.29, 1.82) is 0 Å². The molecule has 8 heteroatoms. The molecule has 0 radical (unpaired) electrons. The number of para-hydroxylation sites is 1. The van der Waals surface area contributed by atoms with Crippen molar-refractivity contribution in [1.82, 2.24) is 19.9 Å². The van der Waals surface area contributed by atoms with Crippen molar-refractivity contribution in [3.05, 3.63) is 66.5 Å². The first-order chi connectivity index (χ1) is 13.7. The maximum Gasteiger partial charge on any atom is 0.195 e. The normalized spacial score (nSPS) is 10.9. The molecule has 0 aliphatic rings. The second-order valence-electron chi connectivity index (χ2n) is 5.99. The predicted molar refractivity (Wildman–Crippen MR) is 109 cm³/mol. The molecule has 142 valence electrons. The van der Waals surface area contributed by atoms with Crippen LogP contribution in [0.2, 0.25) is 0 Å². The fourth-order valence-corrected chi connectivity index (χ4v) is 3.54. The van der Waals surface area contributed by atoms with Gasteiger partial charge in [-0.05, 0) is 42.1 Å². The Hall–Kier alpha value is -3.10. The van der Waals surface area contributed by atoms with Crippen LogP contribution >= 0.6 is 11.8 Å². The number of hydrogen-bond acceptors (Lipinski definition) is 7. The molecule has 0 aliphatic heterocycles. The van der Waals surface area contributed by atoms with E-state index in [1.54, 1.807) is 25.2 Å². The van der Waals surface area contributed by atoms with Crippen LogP contribution in [0.25, 0.3) is 10.9 Å². The number of fused-ring (bicyclic) bond motifs is 1. The zero-order valence-corrected chi connectivity index (χ0v) is 16.3. The minimum absolute atomic E-state index is 0.503. The standard InChI is InChI=1S/C20H19N5O2S/c1-26-13-14-11-21-25(12-14)24-19-17-8-3-4-9-18(17)22-20(23-19)28-16-7-5-6-15(10-16)27-2/h3-12H,13H2,1-2H3,(H,22,23,24). The third-order valence-corrected chi connectivity index (χ3v) is 4.86. The lowest BCUT2D eigenvalue weighted by atomic mass is 10.2. The SMILES string of the molecule is COCc1cnn(Nc2nc(Sc3cccc(OC)c3)nc3ccccc23)c1. The number of anilines is 1. The lowest BCUT2D eigenvalue weighted by Crippen LogP contribution is -2.11. The number of hydrogen-bond donors (Lipinski definition) is 1. The van der Waals surface area contributed by atoms with E-state index in [4.69, 9.17) is 14.5 Å². The van der Waals surface area contributed by atoms with Gasteiger partial charge in [0.25, 0.3) is 0 Å². The average Bonchev–Trinajstić information content (AvgIpc) is 3.15. The molecule has 4 aromatic rings. The molecule has 0 saturated heterocycles. The highest BCUT2D eigenvalue weighted by Crippen LogP contribution is 2.31. The minimum Gasteiger partial charge on any atom is -0.497 e. The van der Waals surface area contributed by atoms with Crippen LogP contribution in [0.1, 0.15) is 5.56 Å². The largest absolute Gasteiger partial charge is 0.497 e. The smallest absolute Gasteiger partial charge is 0.195 e. The summed E-state index contributed by atoms with van der Waals surface area (Å²) in [6.45, 7) is 0.503. The summed E-state index contributed by atoms with van der Waals surface area (Å²) in [6.07, 6.45) is 3.63. The number of nitrogens with zero attached hydrogens (tertiary/aromatic N) is 4. The minimum atomic E-state index is 0.503. The highest BCUT2D eigenvalue weighted by molar-refractivity contribution is 7.99. The first kappa shape index (κ1) is 18.3. The molecule has 0 atom stereocenters. The van der Waals surface area contributed by atoms with E-state index in [0.29, 0.717) is 17.6 Å². The Balaban J connectivity index is 1.68. The molecule has 0 aliphatic carbocycles. The van der Waals surface area contributed by atoms with Crippen LogP contribution in [0.15, 0.2) is 71.0 Å². The van der Waals surface area contributed by atoms with Gasteiger partial charge in [0, 0.05) is 23.0 Å². The van der Waals surface area contributed by atoms with Gasteiger partial charge < -0.3 is 9.47 Å². The number of nitrogens with one attached hydrogen (secondary N) is 1. The van der Waals surface area contributed by atoms with Gasteiger partial charge in [-0.2, -0.15) is 9.89 Å². The highest BCUT2D eigenvalue weighted by atomic mass is 32.2. The molecule has 2 heterocycles. The monoisotopic (exact) mass is 393 g/mol. The number of rotatable bonds is 7. The van der Waals surface area contributed by atoms with Crippen molar-refractivity contribution in [2.75, 3.05) is 19.6 Å². The second-order valence-corrected chi connectivity index (χ2v) is 7.03. The van der Waals surface area contributed by atoms with E-state index in [9.17, 15) is 0 Å². The van der Waals surface area contributed by atoms with Gasteiger partial charge in [0.15, 0.2) is 11.0 Å². The van der Waals surface area contributed by atoms with Gasteiger partial charge in [-0.3, -0.25) is 5.43 Å². The summed E-state index contributed by atoms with van der Waals surface area (Å²) < 4.78 is 10.4. The molecule has 0 bridgehead atoms. The van der Waals surface area contributed by atoms with Crippen LogP contribution < -0.4 is 10.2 Å². The molecule has 2 aromatic heterocycles. The Labute approximate surface area is 166 Å². The summed E-state index contributed by atoms with van der Waals surface area (Å²) in [4.78, 5) is 12.0. The van der Waals surface area contributed by atoms with Gasteiger partial charge in [0.1, 0.15) is 5.75 Å². The van der Waals surface area contributed by atoms with Gasteiger partial charge in [0.05, 0.1) is 31.6 Å². The van der Waals surface area contributed by atoms with Crippen LogP contribution in [0.5, 0.6) is 5.75 Å². The number of methoxy groups -OCH3 is 2. The van der Waals surface area contributed by atoms with Crippen LogP contribution in [-0.4, -0.2) is 34.1 Å². The maximum absolute atomic E-state index is 5.30. The molecule has 0 fully saturated rings. The van der Waals surface area contributed by atoms with Gasteiger partial charge in [-0.1, -0.05) is 18.2 Å². The fourth-order valence-electron chi connectivity index (χ4n) is 2.73. The molecular formula is C20H19N5O2S. The highest BCUT2D eigenvalue weighted by Gasteiger charge is 2.10. The fraction of sp³-hybridized carbons (Fsp3) is 0.150. The van der Waals surface area contributed by atoms with Gasteiger partial charge >= 0.3 is 0 Å². The van der Waals surface area contributed by atoms with Gasteiger partial charge in [-0.15, -0.1) is 0 Å². The summed E-state index contributed by atoms with van der Waals surface area (Å²) in [7, 11) is 3.31. The van der Waals surface area contributed by atoms with E-state index in [0.717, 1.165) is 27.1 Å². The van der Waals surface area contributed by atoms with E-state index in [2.05, 4.69) is 15.5 Å². The molecular weight excluding hydrogens is 374 g/mol. The van der Waals surface area contributed by atoms with Crippen LogP contribution in [0, 0.1) is 0 Å². The quantitative estimate of drug-likeness (QED) is 0.476. The lowest BCUT2D eigenvalue weighted by molar-refractivity contribution is 0.185. The Bertz CT molecular complexity index is 1100. The van der Waals surface area contributed by atoms with Crippen molar-refractivity contribution in [2.45, 2.75) is 16.7 Å². The summed E-state index contributed by atoms with van der Waals surface area (Å²) in [5.74, 6) is 1.48. The van der Waals surface area contributed by atoms with Crippen molar-refractivity contribution in [3.63, 3.8) is 0 Å². The summed E-state index contributed by atoms with van der Waals surface area (Å²) in [5, 5.41) is 5.87. The third-order valence-electron chi connectivity index (χ3n) is 4.00. The molecule has 2 aromatic carbocycles. The predicted octanol–water partition coefficient (Wildman–Crippen LogP) is 4.01. The van der Waals surface area contributed by atoms with Crippen LogP contribution in [0.3, 0.4) is 0 Å². The lowest BCUT2D eigenvalue weighted by Gasteiger charge is -2.10. The summed E-state index contributed by atoms with van der Waals surface area (Å²) in [5.41, 5.74) is 5.06. The molecule has 0 unspecified atom stereocenters. The molecule has 4 rings (SSSR count). The number of aromatic nitrogens is 4.